The van der Waals surface area contributed by atoms with E-state index in [9.17, 15) is 9.59 Å². The molecule has 0 aromatic carbocycles. The third-order valence-corrected chi connectivity index (χ3v) is 3.14. The fourth-order valence-corrected chi connectivity index (χ4v) is 2.02. The van der Waals surface area contributed by atoms with Crippen LogP contribution >= 0.6 is 0 Å². The molecule has 0 spiro atoms. The van der Waals surface area contributed by atoms with Crippen LogP contribution in [0.3, 0.4) is 0 Å². The van der Waals surface area contributed by atoms with E-state index in [1.165, 1.54) is 18.3 Å². The lowest BCUT2D eigenvalue weighted by atomic mass is 10.2. The van der Waals surface area contributed by atoms with Crippen molar-refractivity contribution in [2.45, 2.75) is 32.2 Å². The fourth-order valence-electron chi connectivity index (χ4n) is 2.02. The van der Waals surface area contributed by atoms with Crippen molar-refractivity contribution in [2.24, 2.45) is 5.92 Å². The molecule has 1 aromatic heterocycles. The van der Waals surface area contributed by atoms with E-state index < -0.39 is 5.97 Å². The maximum atomic E-state index is 11.8. The summed E-state index contributed by atoms with van der Waals surface area (Å²) in [6.45, 7) is 2.13. The van der Waals surface area contributed by atoms with Crippen LogP contribution in [0, 0.1) is 5.92 Å². The minimum absolute atomic E-state index is 0.0539. The average Bonchev–Trinajstić information content (AvgIpc) is 3.08. The Morgan fingerprint density at radius 2 is 2.28 bits per heavy atom. The van der Waals surface area contributed by atoms with E-state index >= 15 is 0 Å². The molecule has 1 aliphatic rings. The summed E-state index contributed by atoms with van der Waals surface area (Å²) >= 11 is 0. The van der Waals surface area contributed by atoms with Gasteiger partial charge in [0.25, 0.3) is 5.91 Å². The molecule has 2 unspecified atom stereocenters. The summed E-state index contributed by atoms with van der Waals surface area (Å²) in [5.74, 6) is -0.666. The Kier molecular flexibility index (Phi) is 3.60. The zero-order chi connectivity index (χ0) is 13.1. The first-order valence-corrected chi connectivity index (χ1v) is 6.12. The van der Waals surface area contributed by atoms with Crippen molar-refractivity contribution in [3.8, 4) is 0 Å². The van der Waals surface area contributed by atoms with Crippen molar-refractivity contribution in [1.82, 2.24) is 10.3 Å². The summed E-state index contributed by atoms with van der Waals surface area (Å²) in [6.07, 6.45) is 4.61. The molecule has 18 heavy (non-hydrogen) atoms. The summed E-state index contributed by atoms with van der Waals surface area (Å²) in [5.41, 5.74) is 0.351. The number of nitrogens with zero attached hydrogens (tertiary/aromatic N) is 1. The molecule has 0 bridgehead atoms. The third kappa shape index (κ3) is 2.85. The van der Waals surface area contributed by atoms with Gasteiger partial charge in [-0.05, 0) is 30.9 Å². The highest BCUT2D eigenvalue weighted by Crippen LogP contribution is 2.34. The standard InChI is InChI=1S/C13H16N2O3/c1-2-3-8-6-11(8)15-12(16)9-4-5-10(13(17)18)14-7-9/h4-5,7-8,11H,2-3,6H2,1H3,(H,15,16)(H,17,18). The first-order chi connectivity index (χ1) is 8.61. The summed E-state index contributed by atoms with van der Waals surface area (Å²) < 4.78 is 0. The van der Waals surface area contributed by atoms with Gasteiger partial charge >= 0.3 is 5.97 Å². The maximum absolute atomic E-state index is 11.8. The number of aromatic nitrogens is 1. The quantitative estimate of drug-likeness (QED) is 0.831. The molecule has 0 aliphatic heterocycles. The molecule has 1 saturated carbocycles. The number of carbonyl (C=O) groups is 2. The molecule has 0 radical (unpaired) electrons. The van der Waals surface area contributed by atoms with Gasteiger partial charge in [0.05, 0.1) is 5.56 Å². The first kappa shape index (κ1) is 12.5. The third-order valence-electron chi connectivity index (χ3n) is 3.14. The summed E-state index contributed by atoms with van der Waals surface area (Å²) in [7, 11) is 0. The molecule has 0 saturated heterocycles. The average molecular weight is 248 g/mol. The molecule has 2 N–H and O–H groups in total. The van der Waals surface area contributed by atoms with Crippen molar-refractivity contribution in [2.75, 3.05) is 0 Å². The minimum atomic E-state index is -1.09. The number of carboxylic acid groups (broad SMARTS) is 1. The van der Waals surface area contributed by atoms with E-state index in [1.807, 2.05) is 0 Å². The SMILES string of the molecule is CCCC1CC1NC(=O)c1ccc(C(=O)O)nc1. The molecule has 1 aliphatic carbocycles. The van der Waals surface area contributed by atoms with Crippen LogP contribution in [-0.4, -0.2) is 28.0 Å². The van der Waals surface area contributed by atoms with Gasteiger partial charge in [-0.2, -0.15) is 0 Å². The normalized spacial score (nSPS) is 21.4. The number of pyridine rings is 1. The topological polar surface area (TPSA) is 79.3 Å². The van der Waals surface area contributed by atoms with Crippen LogP contribution in [0.25, 0.3) is 0 Å². The molecule has 2 atom stereocenters. The number of carbonyl (C=O) groups excluding carboxylic acids is 1. The van der Waals surface area contributed by atoms with E-state index in [0.29, 0.717) is 11.5 Å². The second-order valence-electron chi connectivity index (χ2n) is 4.60. The van der Waals surface area contributed by atoms with Gasteiger partial charge in [0.2, 0.25) is 0 Å². The van der Waals surface area contributed by atoms with E-state index in [1.54, 1.807) is 0 Å². The van der Waals surface area contributed by atoms with Gasteiger partial charge in [0, 0.05) is 12.2 Å². The molecule has 1 amide bonds. The van der Waals surface area contributed by atoms with Crippen LogP contribution in [0.4, 0.5) is 0 Å². The Balaban J connectivity index is 1.91. The lowest BCUT2D eigenvalue weighted by Gasteiger charge is -2.04. The van der Waals surface area contributed by atoms with Crippen LogP contribution < -0.4 is 5.32 Å². The molecule has 1 heterocycles. The van der Waals surface area contributed by atoms with Crippen LogP contribution in [0.5, 0.6) is 0 Å². The molecular weight excluding hydrogens is 232 g/mol. The maximum Gasteiger partial charge on any atom is 0.354 e. The van der Waals surface area contributed by atoms with E-state index in [2.05, 4.69) is 17.2 Å². The number of hydrogen-bond acceptors (Lipinski definition) is 3. The lowest BCUT2D eigenvalue weighted by molar-refractivity contribution is 0.0689. The van der Waals surface area contributed by atoms with Crippen LogP contribution in [0.2, 0.25) is 0 Å². The second kappa shape index (κ2) is 5.16. The van der Waals surface area contributed by atoms with Gasteiger partial charge in [0.1, 0.15) is 5.69 Å². The number of hydrogen-bond donors (Lipinski definition) is 2. The fraction of sp³-hybridized carbons (Fsp3) is 0.462. The summed E-state index contributed by atoms with van der Waals surface area (Å²) in [6, 6.07) is 3.10. The largest absolute Gasteiger partial charge is 0.477 e. The van der Waals surface area contributed by atoms with Crippen molar-refractivity contribution in [3.05, 3.63) is 29.6 Å². The Bertz CT molecular complexity index is 456. The van der Waals surface area contributed by atoms with Crippen molar-refractivity contribution in [3.63, 3.8) is 0 Å². The van der Waals surface area contributed by atoms with Crippen molar-refractivity contribution in [1.29, 1.82) is 0 Å². The lowest BCUT2D eigenvalue weighted by Crippen LogP contribution is -2.27. The molecule has 96 valence electrons. The van der Waals surface area contributed by atoms with Crippen LogP contribution in [-0.2, 0) is 0 Å². The van der Waals surface area contributed by atoms with Gasteiger partial charge in [-0.1, -0.05) is 13.3 Å². The Labute approximate surface area is 105 Å². The van der Waals surface area contributed by atoms with Gasteiger partial charge in [-0.3, -0.25) is 4.79 Å². The smallest absolute Gasteiger partial charge is 0.354 e. The highest BCUT2D eigenvalue weighted by Gasteiger charge is 2.37. The van der Waals surface area contributed by atoms with Crippen LogP contribution in [0.15, 0.2) is 18.3 Å². The molecule has 5 nitrogen and oxygen atoms in total. The molecule has 2 rings (SSSR count). The Morgan fingerprint density at radius 1 is 1.50 bits per heavy atom. The van der Waals surface area contributed by atoms with E-state index in [-0.39, 0.29) is 17.6 Å². The minimum Gasteiger partial charge on any atom is -0.477 e. The monoisotopic (exact) mass is 248 g/mol. The number of rotatable bonds is 5. The number of aromatic carboxylic acids is 1. The Hall–Kier alpha value is -1.91. The number of amides is 1. The van der Waals surface area contributed by atoms with Gasteiger partial charge < -0.3 is 10.4 Å². The zero-order valence-electron chi connectivity index (χ0n) is 10.2. The Morgan fingerprint density at radius 3 is 2.83 bits per heavy atom. The second-order valence-corrected chi connectivity index (χ2v) is 4.60. The highest BCUT2D eigenvalue weighted by molar-refractivity contribution is 5.95. The number of carboxylic acids is 1. The predicted molar refractivity (Wildman–Crippen MR) is 65.5 cm³/mol. The zero-order valence-corrected chi connectivity index (χ0v) is 10.2. The van der Waals surface area contributed by atoms with Gasteiger partial charge in [-0.15, -0.1) is 0 Å². The molecule has 1 fully saturated rings. The first-order valence-electron chi connectivity index (χ1n) is 6.12. The van der Waals surface area contributed by atoms with E-state index in [0.717, 1.165) is 19.3 Å². The summed E-state index contributed by atoms with van der Waals surface area (Å²) in [5, 5.41) is 11.6. The van der Waals surface area contributed by atoms with Crippen molar-refractivity contribution < 1.29 is 14.7 Å². The molecule has 1 aromatic rings. The van der Waals surface area contributed by atoms with Gasteiger partial charge in [0.15, 0.2) is 0 Å². The number of nitrogens with one attached hydrogen (secondary N) is 1. The van der Waals surface area contributed by atoms with Crippen LogP contribution in [0.1, 0.15) is 47.0 Å². The molecular formula is C13H16N2O3. The van der Waals surface area contributed by atoms with Crippen molar-refractivity contribution >= 4 is 11.9 Å². The highest BCUT2D eigenvalue weighted by atomic mass is 16.4. The predicted octanol–water partition coefficient (Wildman–Crippen LogP) is 1.70. The summed E-state index contributed by atoms with van der Waals surface area (Å²) in [4.78, 5) is 26.2. The van der Waals surface area contributed by atoms with E-state index in [4.69, 9.17) is 5.11 Å². The molecule has 5 heteroatoms. The van der Waals surface area contributed by atoms with Gasteiger partial charge in [-0.25, -0.2) is 9.78 Å².